The standard InChI is InChI=1S/C22H17ClF4N2O2S/c23-21-16(24)11-15-5-4-13(10-17(15)28-21)12-29(19(30)6-8-22(25,26)27)18-3-1-2-14-7-9-32(31)20(14)18/h1-5,10-11H,6-9,12H2. The number of fused-ring (bicyclic) bond motifs is 2. The minimum absolute atomic E-state index is 0.0586. The first-order valence-corrected chi connectivity index (χ1v) is 11.4. The molecule has 168 valence electrons. The topological polar surface area (TPSA) is 50.3 Å². The van der Waals surface area contributed by atoms with E-state index in [1.807, 2.05) is 0 Å². The van der Waals surface area contributed by atoms with Crippen molar-refractivity contribution in [3.05, 3.63) is 64.6 Å². The molecular formula is C22H17ClF4N2O2S. The zero-order chi connectivity index (χ0) is 23.0. The average molecular weight is 485 g/mol. The number of hydrogen-bond donors (Lipinski definition) is 0. The molecule has 1 atom stereocenters. The van der Waals surface area contributed by atoms with Gasteiger partial charge in [0.25, 0.3) is 0 Å². The second kappa shape index (κ2) is 8.78. The van der Waals surface area contributed by atoms with E-state index in [9.17, 15) is 26.6 Å². The Balaban J connectivity index is 1.73. The summed E-state index contributed by atoms with van der Waals surface area (Å²) in [6.07, 6.45) is -5.89. The van der Waals surface area contributed by atoms with Gasteiger partial charge >= 0.3 is 6.18 Å². The van der Waals surface area contributed by atoms with E-state index in [1.165, 1.54) is 11.0 Å². The summed E-state index contributed by atoms with van der Waals surface area (Å²) >= 11 is 5.77. The maximum absolute atomic E-state index is 13.7. The fraction of sp³-hybridized carbons (Fsp3) is 0.273. The van der Waals surface area contributed by atoms with Crippen molar-refractivity contribution >= 4 is 44.9 Å². The van der Waals surface area contributed by atoms with E-state index in [1.54, 1.807) is 36.4 Å². The van der Waals surface area contributed by atoms with Crippen molar-refractivity contribution in [1.29, 1.82) is 0 Å². The van der Waals surface area contributed by atoms with E-state index >= 15 is 0 Å². The Morgan fingerprint density at radius 2 is 1.97 bits per heavy atom. The predicted molar refractivity (Wildman–Crippen MR) is 115 cm³/mol. The molecule has 1 aliphatic heterocycles. The van der Waals surface area contributed by atoms with Gasteiger partial charge in [-0.2, -0.15) is 13.2 Å². The van der Waals surface area contributed by atoms with E-state index in [0.717, 1.165) is 5.56 Å². The van der Waals surface area contributed by atoms with Gasteiger partial charge in [-0.25, -0.2) is 9.37 Å². The first-order valence-electron chi connectivity index (χ1n) is 9.74. The van der Waals surface area contributed by atoms with Gasteiger partial charge in [0.1, 0.15) is 0 Å². The van der Waals surface area contributed by atoms with Crippen molar-refractivity contribution in [2.24, 2.45) is 0 Å². The Kier molecular flexibility index (Phi) is 6.22. The minimum atomic E-state index is -4.48. The number of anilines is 1. The molecule has 1 aromatic heterocycles. The number of aryl methyl sites for hydroxylation is 1. The van der Waals surface area contributed by atoms with Crippen LogP contribution in [0.5, 0.6) is 0 Å². The molecule has 0 aliphatic carbocycles. The molecule has 0 N–H and O–H groups in total. The molecule has 10 heteroatoms. The monoisotopic (exact) mass is 484 g/mol. The molecule has 1 amide bonds. The summed E-state index contributed by atoms with van der Waals surface area (Å²) in [5, 5.41) is 0.191. The number of carbonyl (C=O) groups excluding carboxylic acids is 1. The van der Waals surface area contributed by atoms with Crippen molar-refractivity contribution in [3.8, 4) is 0 Å². The minimum Gasteiger partial charge on any atom is -0.307 e. The van der Waals surface area contributed by atoms with Gasteiger partial charge in [-0.05, 0) is 35.7 Å². The molecule has 0 fully saturated rings. The van der Waals surface area contributed by atoms with Crippen LogP contribution >= 0.6 is 11.6 Å². The van der Waals surface area contributed by atoms with E-state index in [0.29, 0.717) is 39.2 Å². The molecule has 2 heterocycles. The third kappa shape index (κ3) is 4.78. The molecule has 4 rings (SSSR count). The number of aromatic nitrogens is 1. The number of halogens is 5. The van der Waals surface area contributed by atoms with E-state index < -0.39 is 41.5 Å². The number of nitrogens with zero attached hydrogens (tertiary/aromatic N) is 2. The molecule has 2 aromatic carbocycles. The fourth-order valence-corrected chi connectivity index (χ4v) is 5.31. The Labute approximate surface area is 188 Å². The van der Waals surface area contributed by atoms with E-state index in [2.05, 4.69) is 4.98 Å². The Morgan fingerprint density at radius 1 is 1.19 bits per heavy atom. The second-order valence-electron chi connectivity index (χ2n) is 7.45. The molecule has 4 nitrogen and oxygen atoms in total. The molecule has 3 aromatic rings. The number of rotatable bonds is 5. The highest BCUT2D eigenvalue weighted by atomic mass is 35.5. The van der Waals surface area contributed by atoms with Crippen LogP contribution < -0.4 is 4.90 Å². The van der Waals surface area contributed by atoms with Crippen LogP contribution in [0.2, 0.25) is 5.15 Å². The van der Waals surface area contributed by atoms with Crippen molar-refractivity contribution in [2.75, 3.05) is 10.7 Å². The van der Waals surface area contributed by atoms with E-state index in [4.69, 9.17) is 11.6 Å². The Bertz CT molecular complexity index is 1230. The summed E-state index contributed by atoms with van der Waals surface area (Å²) in [6, 6.07) is 11.2. The molecule has 1 unspecified atom stereocenters. The summed E-state index contributed by atoms with van der Waals surface area (Å²) in [5.41, 5.74) is 2.11. The van der Waals surface area contributed by atoms with Crippen LogP contribution in [-0.4, -0.2) is 27.0 Å². The number of amides is 1. The van der Waals surface area contributed by atoms with Crippen LogP contribution in [-0.2, 0) is 28.6 Å². The fourth-order valence-electron chi connectivity index (χ4n) is 3.68. The van der Waals surface area contributed by atoms with E-state index in [-0.39, 0.29) is 11.7 Å². The van der Waals surface area contributed by atoms with Gasteiger partial charge in [0, 0.05) is 17.6 Å². The third-order valence-electron chi connectivity index (χ3n) is 5.21. The van der Waals surface area contributed by atoms with Crippen LogP contribution in [0.15, 0.2) is 47.4 Å². The highest BCUT2D eigenvalue weighted by molar-refractivity contribution is 7.85. The summed E-state index contributed by atoms with van der Waals surface area (Å²) < 4.78 is 64.5. The summed E-state index contributed by atoms with van der Waals surface area (Å²) in [7, 11) is -1.34. The van der Waals surface area contributed by atoms with Crippen LogP contribution in [0.25, 0.3) is 10.9 Å². The van der Waals surface area contributed by atoms with Crippen LogP contribution in [0.3, 0.4) is 0 Å². The summed E-state index contributed by atoms with van der Waals surface area (Å²) in [5.74, 6) is -0.996. The van der Waals surface area contributed by atoms with Gasteiger partial charge in [0.05, 0.1) is 39.9 Å². The highest BCUT2D eigenvalue weighted by Gasteiger charge is 2.32. The lowest BCUT2D eigenvalue weighted by atomic mass is 10.1. The lowest BCUT2D eigenvalue weighted by molar-refractivity contribution is -0.143. The quantitative estimate of drug-likeness (QED) is 0.351. The van der Waals surface area contributed by atoms with Crippen molar-refractivity contribution in [3.63, 3.8) is 0 Å². The molecule has 1 aliphatic rings. The highest BCUT2D eigenvalue weighted by Crippen LogP contribution is 2.35. The maximum Gasteiger partial charge on any atom is 0.389 e. The number of benzene rings is 2. The van der Waals surface area contributed by atoms with Crippen molar-refractivity contribution in [1.82, 2.24) is 4.98 Å². The first-order chi connectivity index (χ1) is 15.1. The van der Waals surface area contributed by atoms with Crippen LogP contribution in [0.4, 0.5) is 23.2 Å². The van der Waals surface area contributed by atoms with Crippen LogP contribution in [0.1, 0.15) is 24.0 Å². The SMILES string of the molecule is O=C(CCC(F)(F)F)N(Cc1ccc2cc(F)c(Cl)nc2c1)c1cccc2c1S(=O)CC2. The molecule has 0 spiro atoms. The molecular weight excluding hydrogens is 468 g/mol. The third-order valence-corrected chi connectivity index (χ3v) is 6.97. The predicted octanol–water partition coefficient (Wildman–Crippen LogP) is 5.57. The number of carbonyl (C=O) groups is 1. The lowest BCUT2D eigenvalue weighted by Crippen LogP contribution is -2.32. The van der Waals surface area contributed by atoms with Gasteiger partial charge in [-0.1, -0.05) is 35.9 Å². The van der Waals surface area contributed by atoms with Crippen LogP contribution in [0, 0.1) is 5.82 Å². The number of hydrogen-bond acceptors (Lipinski definition) is 3. The maximum atomic E-state index is 13.7. The van der Waals surface area contributed by atoms with Gasteiger partial charge in [0.15, 0.2) is 11.0 Å². The Morgan fingerprint density at radius 3 is 2.72 bits per heavy atom. The van der Waals surface area contributed by atoms with Gasteiger partial charge in [-0.3, -0.25) is 9.00 Å². The second-order valence-corrected chi connectivity index (χ2v) is 9.31. The number of alkyl halides is 3. The normalized spacial score (nSPS) is 15.7. The molecule has 32 heavy (non-hydrogen) atoms. The van der Waals surface area contributed by atoms with Gasteiger partial charge in [0.2, 0.25) is 5.91 Å². The lowest BCUT2D eigenvalue weighted by Gasteiger charge is -2.25. The molecule has 0 bridgehead atoms. The van der Waals surface area contributed by atoms with Gasteiger partial charge in [-0.15, -0.1) is 0 Å². The molecule has 0 saturated heterocycles. The zero-order valence-corrected chi connectivity index (χ0v) is 18.2. The molecule has 0 radical (unpaired) electrons. The summed E-state index contributed by atoms with van der Waals surface area (Å²) in [6.45, 7) is -0.0586. The largest absolute Gasteiger partial charge is 0.389 e. The average Bonchev–Trinajstić information content (AvgIpc) is 3.12. The summed E-state index contributed by atoms with van der Waals surface area (Å²) in [4.78, 5) is 18.6. The van der Waals surface area contributed by atoms with Crippen molar-refractivity contribution in [2.45, 2.75) is 36.9 Å². The smallest absolute Gasteiger partial charge is 0.307 e. The number of pyridine rings is 1. The molecule has 0 saturated carbocycles. The first kappa shape index (κ1) is 22.7. The zero-order valence-electron chi connectivity index (χ0n) is 16.6. The van der Waals surface area contributed by atoms with Gasteiger partial charge < -0.3 is 4.90 Å². The Hall–Kier alpha value is -2.52. The van der Waals surface area contributed by atoms with Crippen molar-refractivity contribution < 1.29 is 26.6 Å².